The van der Waals surface area contributed by atoms with Crippen molar-refractivity contribution in [3.8, 4) is 0 Å². The van der Waals surface area contributed by atoms with Crippen LogP contribution >= 0.6 is 11.3 Å². The number of aromatic nitrogens is 1. The second-order valence-corrected chi connectivity index (χ2v) is 8.99. The molecule has 0 aliphatic carbocycles. The van der Waals surface area contributed by atoms with Gasteiger partial charge in [0.25, 0.3) is 0 Å². The monoisotopic (exact) mass is 317 g/mol. The van der Waals surface area contributed by atoms with Gasteiger partial charge in [0.15, 0.2) is 15.0 Å². The molecular weight excluding hydrogens is 294 g/mol. The van der Waals surface area contributed by atoms with E-state index in [4.69, 9.17) is 0 Å². The highest BCUT2D eigenvalue weighted by Crippen LogP contribution is 2.29. The number of nitrogens with zero attached hydrogens (tertiary/aromatic N) is 2. The molecule has 0 saturated carbocycles. The third-order valence-corrected chi connectivity index (χ3v) is 6.46. The van der Waals surface area contributed by atoms with Gasteiger partial charge in [0.1, 0.15) is 0 Å². The molecule has 1 aromatic heterocycles. The molecule has 20 heavy (non-hydrogen) atoms. The van der Waals surface area contributed by atoms with Gasteiger partial charge >= 0.3 is 0 Å². The van der Waals surface area contributed by atoms with E-state index in [1.54, 1.807) is 11.3 Å². The van der Waals surface area contributed by atoms with Crippen molar-refractivity contribution in [2.24, 2.45) is 0 Å². The van der Waals surface area contributed by atoms with E-state index in [1.807, 2.05) is 13.8 Å². The summed E-state index contributed by atoms with van der Waals surface area (Å²) >= 11 is 1.67. The van der Waals surface area contributed by atoms with Crippen LogP contribution in [0, 0.1) is 6.92 Å². The Hall–Kier alpha value is -0.660. The SMILES string of the molecule is Cc1nc(N2CCS(=O)(=O)CC2C)sc1CNC(C)C. The first-order valence-corrected chi connectivity index (χ1v) is 9.59. The van der Waals surface area contributed by atoms with Crippen LogP contribution in [-0.2, 0) is 16.4 Å². The zero-order chi connectivity index (χ0) is 14.9. The van der Waals surface area contributed by atoms with Crippen molar-refractivity contribution in [2.45, 2.75) is 46.3 Å². The minimum atomic E-state index is -2.87. The van der Waals surface area contributed by atoms with E-state index in [0.717, 1.165) is 17.4 Å². The Labute approximate surface area is 125 Å². The lowest BCUT2D eigenvalue weighted by Crippen LogP contribution is -2.47. The Kier molecular flexibility index (Phi) is 4.71. The fourth-order valence-electron chi connectivity index (χ4n) is 2.28. The number of thiazole rings is 1. The average molecular weight is 317 g/mol. The summed E-state index contributed by atoms with van der Waals surface area (Å²) in [5, 5.41) is 4.35. The van der Waals surface area contributed by atoms with E-state index in [2.05, 4.69) is 29.0 Å². The van der Waals surface area contributed by atoms with Crippen molar-refractivity contribution in [3.63, 3.8) is 0 Å². The molecule has 2 heterocycles. The summed E-state index contributed by atoms with van der Waals surface area (Å²) in [4.78, 5) is 7.97. The lowest BCUT2D eigenvalue weighted by Gasteiger charge is -2.32. The van der Waals surface area contributed by atoms with Crippen LogP contribution in [-0.4, -0.2) is 43.5 Å². The molecule has 7 heteroatoms. The Morgan fingerprint density at radius 1 is 1.50 bits per heavy atom. The minimum Gasteiger partial charge on any atom is -0.343 e. The molecular formula is C13H23N3O2S2. The first kappa shape index (κ1) is 15.7. The number of rotatable bonds is 4. The molecule has 1 atom stereocenters. The van der Waals surface area contributed by atoms with Crippen molar-refractivity contribution in [3.05, 3.63) is 10.6 Å². The Morgan fingerprint density at radius 2 is 2.20 bits per heavy atom. The van der Waals surface area contributed by atoms with E-state index in [1.165, 1.54) is 4.88 Å². The fourth-order valence-corrected chi connectivity index (χ4v) is 4.98. The topological polar surface area (TPSA) is 62.3 Å². The van der Waals surface area contributed by atoms with E-state index in [0.29, 0.717) is 12.6 Å². The average Bonchev–Trinajstić information content (AvgIpc) is 2.66. The largest absolute Gasteiger partial charge is 0.343 e. The summed E-state index contributed by atoms with van der Waals surface area (Å²) < 4.78 is 23.3. The van der Waals surface area contributed by atoms with Gasteiger partial charge in [-0.2, -0.15) is 0 Å². The van der Waals surface area contributed by atoms with Gasteiger partial charge in [-0.25, -0.2) is 13.4 Å². The van der Waals surface area contributed by atoms with Gasteiger partial charge in [-0.05, 0) is 13.8 Å². The molecule has 1 fully saturated rings. The summed E-state index contributed by atoms with van der Waals surface area (Å²) in [6.45, 7) is 9.58. The van der Waals surface area contributed by atoms with Crippen molar-refractivity contribution in [1.29, 1.82) is 0 Å². The molecule has 0 spiro atoms. The second-order valence-electron chi connectivity index (χ2n) is 5.70. The second kappa shape index (κ2) is 5.99. The first-order valence-electron chi connectivity index (χ1n) is 6.95. The number of anilines is 1. The highest BCUT2D eigenvalue weighted by molar-refractivity contribution is 7.91. The highest BCUT2D eigenvalue weighted by Gasteiger charge is 2.30. The molecule has 1 N–H and O–H groups in total. The molecule has 1 aliphatic heterocycles. The third-order valence-electron chi connectivity index (χ3n) is 3.47. The summed E-state index contributed by atoms with van der Waals surface area (Å²) in [6, 6.07) is 0.448. The molecule has 0 radical (unpaired) electrons. The van der Waals surface area contributed by atoms with Crippen LogP contribution in [0.3, 0.4) is 0 Å². The molecule has 1 unspecified atom stereocenters. The maximum Gasteiger partial charge on any atom is 0.186 e. The summed E-state index contributed by atoms with van der Waals surface area (Å²) in [5.41, 5.74) is 1.04. The minimum absolute atomic E-state index is 0.00482. The molecule has 1 aromatic rings. The molecule has 2 rings (SSSR count). The molecule has 1 aliphatic rings. The number of hydrogen-bond donors (Lipinski definition) is 1. The number of hydrogen-bond acceptors (Lipinski definition) is 6. The van der Waals surface area contributed by atoms with Crippen LogP contribution in [0.4, 0.5) is 5.13 Å². The standard InChI is InChI=1S/C13H23N3O2S2/c1-9(2)14-7-12-11(4)15-13(19-12)16-5-6-20(17,18)8-10(16)3/h9-10,14H,5-8H2,1-4H3. The third kappa shape index (κ3) is 3.71. The number of sulfone groups is 1. The van der Waals surface area contributed by atoms with Gasteiger partial charge in [0.05, 0.1) is 17.2 Å². The van der Waals surface area contributed by atoms with Crippen molar-refractivity contribution in [2.75, 3.05) is 23.0 Å². The first-order chi connectivity index (χ1) is 9.28. The molecule has 1 saturated heterocycles. The van der Waals surface area contributed by atoms with Crippen LogP contribution in [0.25, 0.3) is 0 Å². The zero-order valence-electron chi connectivity index (χ0n) is 12.5. The molecule has 0 aromatic carbocycles. The predicted octanol–water partition coefficient (Wildman–Crippen LogP) is 1.57. The van der Waals surface area contributed by atoms with Crippen LogP contribution < -0.4 is 10.2 Å². The molecule has 0 bridgehead atoms. The van der Waals surface area contributed by atoms with Gasteiger partial charge in [-0.1, -0.05) is 13.8 Å². The normalized spacial score (nSPS) is 22.4. The van der Waals surface area contributed by atoms with E-state index >= 15 is 0 Å². The molecule has 0 amide bonds. The van der Waals surface area contributed by atoms with Gasteiger partial charge in [0.2, 0.25) is 0 Å². The predicted molar refractivity (Wildman–Crippen MR) is 84.3 cm³/mol. The van der Waals surface area contributed by atoms with E-state index < -0.39 is 9.84 Å². The fraction of sp³-hybridized carbons (Fsp3) is 0.769. The highest BCUT2D eigenvalue weighted by atomic mass is 32.2. The number of aryl methyl sites for hydroxylation is 1. The Balaban J connectivity index is 2.12. The molecule has 114 valence electrons. The van der Waals surface area contributed by atoms with Crippen LogP contribution in [0.5, 0.6) is 0 Å². The van der Waals surface area contributed by atoms with Crippen LogP contribution in [0.15, 0.2) is 0 Å². The quantitative estimate of drug-likeness (QED) is 0.913. The number of nitrogens with one attached hydrogen (secondary N) is 1. The van der Waals surface area contributed by atoms with Crippen LogP contribution in [0.1, 0.15) is 31.3 Å². The lowest BCUT2D eigenvalue weighted by atomic mass is 10.3. The van der Waals surface area contributed by atoms with Gasteiger partial charge in [-0.15, -0.1) is 11.3 Å². The van der Waals surface area contributed by atoms with Gasteiger partial charge < -0.3 is 10.2 Å². The maximum atomic E-state index is 11.6. The van der Waals surface area contributed by atoms with Crippen molar-refractivity contribution >= 4 is 26.3 Å². The summed E-state index contributed by atoms with van der Waals surface area (Å²) in [6.07, 6.45) is 0. The van der Waals surface area contributed by atoms with Gasteiger partial charge in [0, 0.05) is 30.1 Å². The van der Waals surface area contributed by atoms with Gasteiger partial charge in [-0.3, -0.25) is 0 Å². The lowest BCUT2D eigenvalue weighted by molar-refractivity contribution is 0.568. The Bertz CT molecular complexity index is 566. The summed E-state index contributed by atoms with van der Waals surface area (Å²) in [5.74, 6) is 0.459. The maximum absolute atomic E-state index is 11.6. The van der Waals surface area contributed by atoms with Crippen LogP contribution in [0.2, 0.25) is 0 Å². The summed E-state index contributed by atoms with van der Waals surface area (Å²) in [7, 11) is -2.87. The zero-order valence-corrected chi connectivity index (χ0v) is 14.1. The molecule has 5 nitrogen and oxygen atoms in total. The Morgan fingerprint density at radius 3 is 2.80 bits per heavy atom. The van der Waals surface area contributed by atoms with Crippen molar-refractivity contribution < 1.29 is 8.42 Å². The smallest absolute Gasteiger partial charge is 0.186 e. The van der Waals surface area contributed by atoms with E-state index in [9.17, 15) is 8.42 Å². The van der Waals surface area contributed by atoms with E-state index in [-0.39, 0.29) is 17.5 Å². The van der Waals surface area contributed by atoms with Crippen molar-refractivity contribution in [1.82, 2.24) is 10.3 Å².